The average Bonchev–Trinajstić information content (AvgIpc) is 4.15. The van der Waals surface area contributed by atoms with Gasteiger partial charge in [0, 0.05) is 99.5 Å². The lowest BCUT2D eigenvalue weighted by atomic mass is 9.84. The van der Waals surface area contributed by atoms with E-state index in [1.807, 2.05) is 36.5 Å². The molecule has 4 aliphatic heterocycles. The van der Waals surface area contributed by atoms with Gasteiger partial charge >= 0.3 is 12.1 Å². The second-order valence-corrected chi connectivity index (χ2v) is 19.2. The number of carbonyl (C=O) groups excluding carboxylic acids is 3. The van der Waals surface area contributed by atoms with E-state index in [0.29, 0.717) is 45.5 Å². The zero-order valence-corrected chi connectivity index (χ0v) is 38.7. The van der Waals surface area contributed by atoms with Crippen molar-refractivity contribution in [3.63, 3.8) is 0 Å². The molecular formula is C50H66N8O7. The van der Waals surface area contributed by atoms with Gasteiger partial charge in [-0.05, 0) is 81.3 Å². The fraction of sp³-hybridized carbons (Fsp3) is 0.560. The highest BCUT2D eigenvalue weighted by Crippen LogP contribution is 2.43. The number of nitrogens with one attached hydrogen (secondary N) is 2. The molecular weight excluding hydrogens is 825 g/mol. The number of hydrazine groups is 1. The van der Waals surface area contributed by atoms with Crippen molar-refractivity contribution in [2.24, 2.45) is 5.41 Å². The van der Waals surface area contributed by atoms with E-state index in [0.717, 1.165) is 83.6 Å². The van der Waals surface area contributed by atoms with Gasteiger partial charge in [-0.2, -0.15) is 0 Å². The van der Waals surface area contributed by atoms with E-state index in [1.165, 1.54) is 23.4 Å². The minimum Gasteiger partial charge on any atom is -0.464 e. The van der Waals surface area contributed by atoms with Gasteiger partial charge in [-0.15, -0.1) is 0 Å². The lowest BCUT2D eigenvalue weighted by Crippen LogP contribution is -2.61. The second kappa shape index (κ2) is 19.3. The number of anilines is 2. The van der Waals surface area contributed by atoms with Crippen molar-refractivity contribution < 1.29 is 33.3 Å². The number of piperazine rings is 1. The number of aryl methyl sites for hydroxylation is 1. The lowest BCUT2D eigenvalue weighted by Gasteiger charge is -2.38. The first-order valence-electron chi connectivity index (χ1n) is 23.7. The summed E-state index contributed by atoms with van der Waals surface area (Å²) >= 11 is 0. The van der Waals surface area contributed by atoms with Gasteiger partial charge in [0.05, 0.1) is 48.7 Å². The Kier molecular flexibility index (Phi) is 13.4. The van der Waals surface area contributed by atoms with E-state index in [4.69, 9.17) is 23.9 Å². The second-order valence-electron chi connectivity index (χ2n) is 19.2. The molecule has 2 aromatic heterocycles. The number of esters is 1. The van der Waals surface area contributed by atoms with Gasteiger partial charge in [0.15, 0.2) is 0 Å². The predicted octanol–water partition coefficient (Wildman–Crippen LogP) is 6.23. The van der Waals surface area contributed by atoms with Crippen molar-refractivity contribution >= 4 is 40.2 Å². The fourth-order valence-electron chi connectivity index (χ4n) is 10.2. The van der Waals surface area contributed by atoms with E-state index < -0.39 is 29.6 Å². The van der Waals surface area contributed by atoms with Crippen LogP contribution in [0.5, 0.6) is 0 Å². The van der Waals surface area contributed by atoms with Crippen molar-refractivity contribution in [2.45, 2.75) is 110 Å². The van der Waals surface area contributed by atoms with E-state index in [9.17, 15) is 14.4 Å². The molecule has 4 fully saturated rings. The summed E-state index contributed by atoms with van der Waals surface area (Å²) in [6, 6.07) is 17.5. The monoisotopic (exact) mass is 891 g/mol. The van der Waals surface area contributed by atoms with Crippen LogP contribution in [0.25, 0.3) is 22.2 Å². The molecule has 1 aliphatic carbocycles. The van der Waals surface area contributed by atoms with E-state index in [-0.39, 0.29) is 37.7 Å². The summed E-state index contributed by atoms with van der Waals surface area (Å²) in [6.45, 7) is 15.5. The third-order valence-corrected chi connectivity index (χ3v) is 13.9. The Morgan fingerprint density at radius 1 is 0.985 bits per heavy atom. The van der Waals surface area contributed by atoms with Crippen molar-refractivity contribution in [3.05, 3.63) is 77.6 Å². The number of benzene rings is 2. The number of fused-ring (bicyclic) bond motifs is 6. The number of rotatable bonds is 9. The average molecular weight is 891 g/mol. The SMILES string of the molecule is CCn1c(-c2cc(N3CCN(C4CC4)CC3)cnc2[C@H](C)OC)c2c3cc(ccc31)N1CCO[C@@H](C[C@H](NC(=O)OCc3ccccc3)C(=O)N3CCC[C@H](N3)C(=O)OCC(C)(C)C2)C1. The molecule has 6 bridgehead atoms. The maximum atomic E-state index is 14.3. The van der Waals surface area contributed by atoms with Crippen LogP contribution in [0.1, 0.15) is 82.7 Å². The van der Waals surface area contributed by atoms with Crippen molar-refractivity contribution in [3.8, 4) is 11.3 Å². The van der Waals surface area contributed by atoms with Crippen molar-refractivity contribution in [2.75, 3.05) is 75.9 Å². The summed E-state index contributed by atoms with van der Waals surface area (Å²) in [5.74, 6) is -0.773. The molecule has 348 valence electrons. The van der Waals surface area contributed by atoms with Gasteiger partial charge in [0.25, 0.3) is 5.91 Å². The molecule has 0 radical (unpaired) electrons. The minimum atomic E-state index is -0.978. The molecule has 9 rings (SSSR count). The molecule has 4 aromatic rings. The van der Waals surface area contributed by atoms with Crippen LogP contribution in [0.2, 0.25) is 0 Å². The summed E-state index contributed by atoms with van der Waals surface area (Å²) in [6.07, 6.45) is 5.23. The molecule has 0 spiro atoms. The third kappa shape index (κ3) is 9.98. The number of nitrogens with zero attached hydrogens (tertiary/aromatic N) is 6. The fourth-order valence-corrected chi connectivity index (χ4v) is 10.2. The molecule has 3 saturated heterocycles. The summed E-state index contributed by atoms with van der Waals surface area (Å²) in [5.41, 5.74) is 11.0. The van der Waals surface area contributed by atoms with Crippen LogP contribution < -0.4 is 20.5 Å². The minimum absolute atomic E-state index is 0.0613. The van der Waals surface area contributed by atoms with Gasteiger partial charge in [-0.3, -0.25) is 24.5 Å². The maximum Gasteiger partial charge on any atom is 0.408 e. The Labute approximate surface area is 382 Å². The highest BCUT2D eigenvalue weighted by atomic mass is 16.5. The highest BCUT2D eigenvalue weighted by molar-refractivity contribution is 5.95. The van der Waals surface area contributed by atoms with E-state index in [1.54, 1.807) is 7.11 Å². The van der Waals surface area contributed by atoms with E-state index >= 15 is 0 Å². The number of alkyl carbamates (subject to hydrolysis) is 1. The molecule has 1 saturated carbocycles. The van der Waals surface area contributed by atoms with E-state index in [2.05, 4.69) is 82.0 Å². The van der Waals surface area contributed by atoms with Crippen LogP contribution in [-0.2, 0) is 48.1 Å². The number of hydrogen-bond donors (Lipinski definition) is 2. The van der Waals surface area contributed by atoms with Gasteiger partial charge < -0.3 is 38.6 Å². The topological polar surface area (TPSA) is 143 Å². The number of pyridine rings is 1. The first-order chi connectivity index (χ1) is 31.5. The zero-order chi connectivity index (χ0) is 45.2. The van der Waals surface area contributed by atoms with Crippen LogP contribution in [0.4, 0.5) is 16.2 Å². The number of ether oxygens (including phenoxy) is 4. The number of cyclic esters (lactones) is 1. The van der Waals surface area contributed by atoms with Crippen LogP contribution >= 0.6 is 0 Å². The van der Waals surface area contributed by atoms with Gasteiger partial charge in [-0.1, -0.05) is 44.2 Å². The standard InChI is InChI=1S/C50H66N8O7/c1-6-57-44-17-16-36-25-39(44)41(46(57)40-26-37(29-51-45(40)33(2)62-5)55-21-19-54(20-22-55)35-14-15-35)28-50(3,4)32-65-48(60)42-13-10-18-58(53-42)47(59)43(27-38-30-56(36)23-24-63-38)52-49(61)64-31-34-11-8-7-9-12-34/h7-9,11-12,16-17,25-26,29,33,35,38,42-43,53H,6,10,13-15,18-24,27-28,30-32H2,1-5H3,(H,52,61)/t33-,38-,42-,43-/m0/s1. The molecule has 2 N–H and O–H groups in total. The number of hydrogen-bond acceptors (Lipinski definition) is 12. The Morgan fingerprint density at radius 2 is 1.78 bits per heavy atom. The summed E-state index contributed by atoms with van der Waals surface area (Å²) in [5, 5.41) is 5.45. The van der Waals surface area contributed by atoms with Gasteiger partial charge in [0.1, 0.15) is 18.7 Å². The van der Waals surface area contributed by atoms with Crippen LogP contribution in [0.15, 0.2) is 60.8 Å². The number of carbonyl (C=O) groups is 3. The van der Waals surface area contributed by atoms with Crippen LogP contribution in [-0.4, -0.2) is 128 Å². The third-order valence-electron chi connectivity index (χ3n) is 13.9. The van der Waals surface area contributed by atoms with Crippen molar-refractivity contribution in [1.82, 2.24) is 30.2 Å². The quantitative estimate of drug-likeness (QED) is 0.184. The largest absolute Gasteiger partial charge is 0.464 e. The number of amides is 2. The molecule has 5 aliphatic rings. The predicted molar refractivity (Wildman–Crippen MR) is 250 cm³/mol. The molecule has 0 unspecified atom stereocenters. The smallest absolute Gasteiger partial charge is 0.408 e. The maximum absolute atomic E-state index is 14.3. The van der Waals surface area contributed by atoms with Gasteiger partial charge in [0.2, 0.25) is 0 Å². The highest BCUT2D eigenvalue weighted by Gasteiger charge is 2.38. The Bertz CT molecular complexity index is 2340. The molecule has 6 heterocycles. The normalized spacial score (nSPS) is 23.8. The van der Waals surface area contributed by atoms with Gasteiger partial charge in [-0.25, -0.2) is 10.2 Å². The number of aromatic nitrogens is 2. The van der Waals surface area contributed by atoms with Crippen LogP contribution in [0, 0.1) is 5.41 Å². The first kappa shape index (κ1) is 45.0. The lowest BCUT2D eigenvalue weighted by molar-refractivity contribution is -0.155. The Hall–Kier alpha value is -5.22. The molecule has 2 amide bonds. The van der Waals surface area contributed by atoms with Crippen molar-refractivity contribution in [1.29, 1.82) is 0 Å². The Balaban J connectivity index is 1.09. The summed E-state index contributed by atoms with van der Waals surface area (Å²) in [4.78, 5) is 54.2. The summed E-state index contributed by atoms with van der Waals surface area (Å²) in [7, 11) is 1.74. The zero-order valence-electron chi connectivity index (χ0n) is 38.7. The first-order valence-corrected chi connectivity index (χ1v) is 23.7. The molecule has 15 nitrogen and oxygen atoms in total. The number of methoxy groups -OCH3 is 1. The molecule has 2 aromatic carbocycles. The summed E-state index contributed by atoms with van der Waals surface area (Å²) < 4.78 is 26.5. The van der Waals surface area contributed by atoms with Crippen LogP contribution in [0.3, 0.4) is 0 Å². The Morgan fingerprint density at radius 3 is 2.54 bits per heavy atom. The number of morpholine rings is 1. The molecule has 65 heavy (non-hydrogen) atoms. The molecule has 4 atom stereocenters. The molecule has 15 heteroatoms.